The molecule has 1 aliphatic carbocycles. The molecule has 1 fully saturated rings. The maximum atomic E-state index is 13.8. The van der Waals surface area contributed by atoms with Crippen LogP contribution in [0.15, 0.2) is 48.5 Å². The fraction of sp³-hybridized carbons (Fsp3) is 0.333. The molecular formula is C27H25F3. The first kappa shape index (κ1) is 20.5. The minimum Gasteiger partial charge on any atom is -0.204 e. The second-order valence-electron chi connectivity index (χ2n) is 8.53. The van der Waals surface area contributed by atoms with Crippen LogP contribution in [0.2, 0.25) is 0 Å². The number of fused-ring (bicyclic) bond motifs is 1. The molecule has 0 spiro atoms. The van der Waals surface area contributed by atoms with E-state index in [1.807, 2.05) is 12.1 Å². The minimum absolute atomic E-state index is 0.0521. The van der Waals surface area contributed by atoms with E-state index in [1.54, 1.807) is 12.1 Å². The van der Waals surface area contributed by atoms with Gasteiger partial charge in [-0.2, -0.15) is 0 Å². The Morgan fingerprint density at radius 3 is 2.20 bits per heavy atom. The molecule has 1 saturated carbocycles. The zero-order valence-corrected chi connectivity index (χ0v) is 17.2. The van der Waals surface area contributed by atoms with Gasteiger partial charge in [-0.25, -0.2) is 13.2 Å². The Hall–Kier alpha value is -2.73. The van der Waals surface area contributed by atoms with Gasteiger partial charge < -0.3 is 0 Å². The Morgan fingerprint density at radius 1 is 0.800 bits per heavy atom. The van der Waals surface area contributed by atoms with Gasteiger partial charge in [0.1, 0.15) is 0 Å². The van der Waals surface area contributed by atoms with E-state index in [-0.39, 0.29) is 5.39 Å². The smallest absolute Gasteiger partial charge is 0.195 e. The summed E-state index contributed by atoms with van der Waals surface area (Å²) in [6.07, 6.45) is 7.80. The van der Waals surface area contributed by atoms with E-state index in [2.05, 4.69) is 30.9 Å². The van der Waals surface area contributed by atoms with E-state index in [0.717, 1.165) is 29.9 Å². The van der Waals surface area contributed by atoms with E-state index in [0.29, 0.717) is 10.9 Å². The third-order valence-electron chi connectivity index (χ3n) is 6.25. The minimum atomic E-state index is -1.44. The van der Waals surface area contributed by atoms with Gasteiger partial charge in [-0.05, 0) is 66.0 Å². The summed E-state index contributed by atoms with van der Waals surface area (Å²) in [5.74, 6) is 4.07. The first-order valence-corrected chi connectivity index (χ1v) is 10.7. The molecule has 3 aromatic rings. The molecule has 0 saturated heterocycles. The maximum Gasteiger partial charge on any atom is 0.195 e. The van der Waals surface area contributed by atoms with E-state index in [4.69, 9.17) is 0 Å². The van der Waals surface area contributed by atoms with Crippen molar-refractivity contribution in [3.63, 3.8) is 0 Å². The highest BCUT2D eigenvalue weighted by molar-refractivity contribution is 5.84. The Kier molecular flexibility index (Phi) is 6.13. The van der Waals surface area contributed by atoms with Gasteiger partial charge in [0.05, 0.1) is 0 Å². The standard InChI is InChI=1S/C27H25F3/c1-18-2-4-19(5-3-18)6-7-20-8-10-21(11-9-20)12-13-22-14-15-24-23(16-22)17-25(28)27(30)26(24)29/h8-11,14-19H,2-7H2,1H3. The fourth-order valence-electron chi connectivity index (χ4n) is 4.27. The molecule has 154 valence electrons. The van der Waals surface area contributed by atoms with Gasteiger partial charge in [0.2, 0.25) is 0 Å². The zero-order chi connectivity index (χ0) is 21.1. The van der Waals surface area contributed by atoms with Crippen LogP contribution in [0.1, 0.15) is 55.7 Å². The van der Waals surface area contributed by atoms with Crippen molar-refractivity contribution >= 4 is 10.8 Å². The molecule has 0 aliphatic heterocycles. The van der Waals surface area contributed by atoms with Crippen molar-refractivity contribution in [1.82, 2.24) is 0 Å². The van der Waals surface area contributed by atoms with Gasteiger partial charge in [0.25, 0.3) is 0 Å². The average molecular weight is 406 g/mol. The molecule has 0 radical (unpaired) electrons. The van der Waals surface area contributed by atoms with Gasteiger partial charge in [0, 0.05) is 16.5 Å². The van der Waals surface area contributed by atoms with Gasteiger partial charge in [-0.15, -0.1) is 0 Å². The predicted molar refractivity (Wildman–Crippen MR) is 116 cm³/mol. The van der Waals surface area contributed by atoms with E-state index in [1.165, 1.54) is 43.7 Å². The Morgan fingerprint density at radius 2 is 1.47 bits per heavy atom. The molecule has 1 aliphatic rings. The summed E-state index contributed by atoms with van der Waals surface area (Å²) in [6.45, 7) is 2.35. The van der Waals surface area contributed by atoms with Crippen LogP contribution in [-0.4, -0.2) is 0 Å². The van der Waals surface area contributed by atoms with Crippen molar-refractivity contribution < 1.29 is 13.2 Å². The summed E-state index contributed by atoms with van der Waals surface area (Å²) in [4.78, 5) is 0. The molecule has 0 atom stereocenters. The average Bonchev–Trinajstić information content (AvgIpc) is 2.76. The van der Waals surface area contributed by atoms with Crippen molar-refractivity contribution in [3.8, 4) is 11.8 Å². The van der Waals surface area contributed by atoms with Gasteiger partial charge in [0.15, 0.2) is 17.5 Å². The van der Waals surface area contributed by atoms with Crippen molar-refractivity contribution in [2.24, 2.45) is 11.8 Å². The van der Waals surface area contributed by atoms with Crippen LogP contribution in [-0.2, 0) is 6.42 Å². The Balaban J connectivity index is 1.42. The first-order chi connectivity index (χ1) is 14.5. The zero-order valence-electron chi connectivity index (χ0n) is 17.2. The van der Waals surface area contributed by atoms with Crippen LogP contribution in [0.25, 0.3) is 10.8 Å². The van der Waals surface area contributed by atoms with Gasteiger partial charge in [-0.3, -0.25) is 0 Å². The Bertz CT molecular complexity index is 1090. The second kappa shape index (κ2) is 8.96. The van der Waals surface area contributed by atoms with E-state index in [9.17, 15) is 13.2 Å². The summed E-state index contributed by atoms with van der Waals surface area (Å²) < 4.78 is 40.7. The van der Waals surface area contributed by atoms with E-state index >= 15 is 0 Å². The molecule has 0 unspecified atom stereocenters. The molecule has 0 aromatic heterocycles. The highest BCUT2D eigenvalue weighted by Gasteiger charge is 2.17. The number of hydrogen-bond acceptors (Lipinski definition) is 0. The second-order valence-corrected chi connectivity index (χ2v) is 8.53. The first-order valence-electron chi connectivity index (χ1n) is 10.7. The molecule has 0 amide bonds. The highest BCUT2D eigenvalue weighted by Crippen LogP contribution is 2.31. The lowest BCUT2D eigenvalue weighted by Crippen LogP contribution is -2.12. The third-order valence-corrected chi connectivity index (χ3v) is 6.25. The number of benzene rings is 3. The van der Waals surface area contributed by atoms with Crippen LogP contribution in [0.5, 0.6) is 0 Å². The van der Waals surface area contributed by atoms with Crippen molar-refractivity contribution in [1.29, 1.82) is 0 Å². The molecule has 0 heterocycles. The van der Waals surface area contributed by atoms with Crippen LogP contribution in [0.4, 0.5) is 13.2 Å². The lowest BCUT2D eigenvalue weighted by Gasteiger charge is -2.26. The highest BCUT2D eigenvalue weighted by atomic mass is 19.2. The summed E-state index contributed by atoms with van der Waals surface area (Å²) in [5.41, 5.74) is 2.85. The maximum absolute atomic E-state index is 13.8. The van der Waals surface area contributed by atoms with Gasteiger partial charge in [-0.1, -0.05) is 62.6 Å². The fourth-order valence-corrected chi connectivity index (χ4v) is 4.27. The third kappa shape index (κ3) is 4.70. The van der Waals surface area contributed by atoms with Crippen LogP contribution < -0.4 is 0 Å². The molecule has 3 heteroatoms. The van der Waals surface area contributed by atoms with Crippen molar-refractivity contribution in [2.75, 3.05) is 0 Å². The van der Waals surface area contributed by atoms with Crippen LogP contribution in [0.3, 0.4) is 0 Å². The number of aryl methyl sites for hydroxylation is 1. The molecule has 4 rings (SSSR count). The summed E-state index contributed by atoms with van der Waals surface area (Å²) >= 11 is 0. The SMILES string of the molecule is CC1CCC(CCc2ccc(C#Cc3ccc4c(F)c(F)c(F)cc4c3)cc2)CC1. The van der Waals surface area contributed by atoms with Crippen LogP contribution in [0, 0.1) is 41.1 Å². The van der Waals surface area contributed by atoms with Crippen molar-refractivity contribution in [2.45, 2.75) is 45.4 Å². The summed E-state index contributed by atoms with van der Waals surface area (Å²) in [7, 11) is 0. The predicted octanol–water partition coefficient (Wildman–Crippen LogP) is 7.42. The quantitative estimate of drug-likeness (QED) is 0.314. The van der Waals surface area contributed by atoms with Crippen LogP contribution >= 0.6 is 0 Å². The molecule has 0 N–H and O–H groups in total. The number of rotatable bonds is 3. The largest absolute Gasteiger partial charge is 0.204 e. The molecule has 30 heavy (non-hydrogen) atoms. The van der Waals surface area contributed by atoms with E-state index < -0.39 is 17.5 Å². The lowest BCUT2D eigenvalue weighted by molar-refractivity contribution is 0.278. The summed E-state index contributed by atoms with van der Waals surface area (Å²) in [5, 5.41) is 0.349. The normalized spacial score (nSPS) is 18.8. The lowest BCUT2D eigenvalue weighted by atomic mass is 9.80. The summed E-state index contributed by atoms with van der Waals surface area (Å²) in [6, 6.07) is 13.9. The van der Waals surface area contributed by atoms with Gasteiger partial charge >= 0.3 is 0 Å². The molecule has 3 aromatic carbocycles. The Labute approximate surface area is 176 Å². The number of hydrogen-bond donors (Lipinski definition) is 0. The molecular weight excluding hydrogens is 381 g/mol. The van der Waals surface area contributed by atoms with Crippen molar-refractivity contribution in [3.05, 3.63) is 82.7 Å². The topological polar surface area (TPSA) is 0 Å². The molecule has 0 nitrogen and oxygen atoms in total. The number of halogens is 3. The monoisotopic (exact) mass is 406 g/mol. The molecule has 0 bridgehead atoms.